The van der Waals surface area contributed by atoms with Crippen LogP contribution in [0.25, 0.3) is 0 Å². The number of unbranched alkanes of at least 4 members (excludes halogenated alkanes) is 6. The van der Waals surface area contributed by atoms with Crippen molar-refractivity contribution >= 4 is 12.4 Å². The van der Waals surface area contributed by atoms with Crippen molar-refractivity contribution in [2.24, 2.45) is 11.8 Å². The largest absolute Gasteiger partial charge is 0.468 e. The second-order valence-electron chi connectivity index (χ2n) is 11.0. The minimum Gasteiger partial charge on any atom is -0.468 e. The Bertz CT molecular complexity index is 1020. The van der Waals surface area contributed by atoms with Crippen LogP contribution >= 0.6 is 0 Å². The van der Waals surface area contributed by atoms with E-state index >= 15 is 17.6 Å². The molecule has 2 saturated heterocycles. The molecule has 0 radical (unpaired) electrons. The Morgan fingerprint density at radius 3 is 1.47 bits per heavy atom. The molecule has 2 aliphatic rings. The number of carbonyl (C=O) groups excluding carboxylic acids is 2. The van der Waals surface area contributed by atoms with Crippen LogP contribution in [0.15, 0.2) is 25.3 Å². The van der Waals surface area contributed by atoms with Crippen LogP contribution in [-0.2, 0) is 38.0 Å². The lowest BCUT2D eigenvalue weighted by Gasteiger charge is -2.32. The first-order valence-corrected chi connectivity index (χ1v) is 15.5. The Balaban J connectivity index is 0.00000226. The Morgan fingerprint density at radius 2 is 1.09 bits per heavy atom. The second kappa shape index (κ2) is 21.9. The average Bonchev–Trinajstić information content (AvgIpc) is 3.04. The standard InChI is InChI=1S/C30H40F4O8.C3H6/c1-2-22(36)38-14-10-6-4-8-12-21-17-41-30(42-18-21)24-27(33)25(31)23(26(32)28(24)34)29-39-15-20(16-40-29)11-7-3-5-9-13-37-19-35;1-3-2/h2,19-21,29-30H,1,3-18H2;3H,1H2,2H3. The molecule has 0 aromatic heterocycles. The lowest BCUT2D eigenvalue weighted by Crippen LogP contribution is -2.31. The molecule has 1 aromatic rings. The highest BCUT2D eigenvalue weighted by Crippen LogP contribution is 2.38. The van der Waals surface area contributed by atoms with Gasteiger partial charge in [0, 0.05) is 17.9 Å². The van der Waals surface area contributed by atoms with Gasteiger partial charge in [0.25, 0.3) is 6.47 Å². The number of carbonyl (C=O) groups is 2. The van der Waals surface area contributed by atoms with Gasteiger partial charge in [0.05, 0.1) is 50.8 Å². The fraction of sp³-hybridized carbons (Fsp3) is 0.636. The monoisotopic (exact) mass is 646 g/mol. The molecule has 0 aliphatic carbocycles. The summed E-state index contributed by atoms with van der Waals surface area (Å²) in [5.74, 6) is -6.91. The third-order valence-corrected chi connectivity index (χ3v) is 7.35. The lowest BCUT2D eigenvalue weighted by molar-refractivity contribution is -0.212. The van der Waals surface area contributed by atoms with Crippen molar-refractivity contribution in [2.75, 3.05) is 39.6 Å². The van der Waals surface area contributed by atoms with E-state index < -0.39 is 52.9 Å². The maximum absolute atomic E-state index is 15.0. The smallest absolute Gasteiger partial charge is 0.330 e. The van der Waals surface area contributed by atoms with Gasteiger partial charge in [-0.3, -0.25) is 4.79 Å². The summed E-state index contributed by atoms with van der Waals surface area (Å²) in [6, 6.07) is 0. The van der Waals surface area contributed by atoms with E-state index in [1.165, 1.54) is 0 Å². The summed E-state index contributed by atoms with van der Waals surface area (Å²) in [5.41, 5.74) is -1.90. The molecule has 2 aliphatic heterocycles. The predicted octanol–water partition coefficient (Wildman–Crippen LogP) is 7.56. The summed E-state index contributed by atoms with van der Waals surface area (Å²) in [6.45, 7) is 10.2. The number of benzene rings is 1. The summed E-state index contributed by atoms with van der Waals surface area (Å²) in [7, 11) is 0. The summed E-state index contributed by atoms with van der Waals surface area (Å²) < 4.78 is 91.6. The molecule has 0 amide bonds. The van der Waals surface area contributed by atoms with Crippen LogP contribution in [0.3, 0.4) is 0 Å². The third-order valence-electron chi connectivity index (χ3n) is 7.35. The first-order chi connectivity index (χ1) is 21.8. The fourth-order valence-electron chi connectivity index (χ4n) is 4.97. The average molecular weight is 647 g/mol. The van der Waals surface area contributed by atoms with Crippen molar-refractivity contribution in [3.05, 3.63) is 59.7 Å². The van der Waals surface area contributed by atoms with Crippen molar-refractivity contribution in [1.29, 1.82) is 0 Å². The molecule has 45 heavy (non-hydrogen) atoms. The molecule has 2 fully saturated rings. The van der Waals surface area contributed by atoms with Gasteiger partial charge in [-0.15, -0.1) is 6.58 Å². The van der Waals surface area contributed by atoms with Gasteiger partial charge in [-0.1, -0.05) is 51.2 Å². The highest BCUT2D eigenvalue weighted by Gasteiger charge is 2.38. The Morgan fingerprint density at radius 1 is 0.711 bits per heavy atom. The molecule has 12 heteroatoms. The van der Waals surface area contributed by atoms with Crippen LogP contribution in [0.1, 0.15) is 94.8 Å². The normalized spacial score (nSPS) is 21.3. The van der Waals surface area contributed by atoms with E-state index in [0.717, 1.165) is 70.3 Å². The van der Waals surface area contributed by atoms with Gasteiger partial charge >= 0.3 is 5.97 Å². The van der Waals surface area contributed by atoms with E-state index in [4.69, 9.17) is 23.7 Å². The van der Waals surface area contributed by atoms with Gasteiger partial charge in [-0.05, 0) is 32.6 Å². The number of allylic oxidation sites excluding steroid dienone is 1. The number of hydrogen-bond acceptors (Lipinski definition) is 8. The van der Waals surface area contributed by atoms with E-state index in [1.54, 1.807) is 6.08 Å². The minimum atomic E-state index is -1.60. The van der Waals surface area contributed by atoms with Crippen LogP contribution in [0, 0.1) is 35.1 Å². The number of halogens is 4. The fourth-order valence-corrected chi connectivity index (χ4v) is 4.97. The Labute approximate surface area is 263 Å². The molecule has 3 rings (SSSR count). The van der Waals surface area contributed by atoms with E-state index in [2.05, 4.69) is 17.9 Å². The van der Waals surface area contributed by atoms with E-state index in [-0.39, 0.29) is 38.3 Å². The SMILES string of the molecule is C=CC.C=CC(=O)OCCCCCCC1COC(c2c(F)c(F)c(C3OCC(CCCCCCOC=O)CO3)c(F)c2F)OC1. The van der Waals surface area contributed by atoms with Gasteiger partial charge < -0.3 is 28.4 Å². The van der Waals surface area contributed by atoms with Crippen LogP contribution in [-0.4, -0.2) is 52.1 Å². The van der Waals surface area contributed by atoms with Crippen LogP contribution < -0.4 is 0 Å². The van der Waals surface area contributed by atoms with Crippen molar-refractivity contribution in [3.63, 3.8) is 0 Å². The molecular weight excluding hydrogens is 600 g/mol. The van der Waals surface area contributed by atoms with Gasteiger partial charge in [0.2, 0.25) is 0 Å². The number of ether oxygens (including phenoxy) is 6. The molecule has 254 valence electrons. The molecule has 8 nitrogen and oxygen atoms in total. The summed E-state index contributed by atoms with van der Waals surface area (Å²) in [6.07, 6.45) is 7.93. The first kappa shape index (κ1) is 38.4. The zero-order valence-corrected chi connectivity index (χ0v) is 26.0. The van der Waals surface area contributed by atoms with E-state index in [1.807, 2.05) is 6.92 Å². The molecule has 0 atom stereocenters. The Kier molecular flexibility index (Phi) is 18.6. The third kappa shape index (κ3) is 12.8. The topological polar surface area (TPSA) is 89.5 Å². The van der Waals surface area contributed by atoms with Crippen LogP contribution in [0.5, 0.6) is 0 Å². The number of rotatable bonds is 18. The summed E-state index contributed by atoms with van der Waals surface area (Å²) in [5, 5.41) is 0. The van der Waals surface area contributed by atoms with Crippen molar-refractivity contribution in [2.45, 2.75) is 83.7 Å². The summed E-state index contributed by atoms with van der Waals surface area (Å²) >= 11 is 0. The van der Waals surface area contributed by atoms with Crippen molar-refractivity contribution < 1.29 is 55.6 Å². The molecule has 0 spiro atoms. The van der Waals surface area contributed by atoms with Gasteiger partial charge in [0.1, 0.15) is 0 Å². The zero-order chi connectivity index (χ0) is 33.0. The minimum absolute atomic E-state index is 0.0217. The highest BCUT2D eigenvalue weighted by molar-refractivity contribution is 5.81. The van der Waals surface area contributed by atoms with Gasteiger partial charge in [-0.25, -0.2) is 22.4 Å². The lowest BCUT2D eigenvalue weighted by atomic mass is 10.0. The highest BCUT2D eigenvalue weighted by atomic mass is 19.2. The first-order valence-electron chi connectivity index (χ1n) is 15.5. The maximum atomic E-state index is 15.0. The maximum Gasteiger partial charge on any atom is 0.330 e. The molecule has 2 heterocycles. The molecular formula is C33H46F4O8. The second-order valence-corrected chi connectivity index (χ2v) is 11.0. The molecule has 1 aromatic carbocycles. The number of hydrogen-bond donors (Lipinski definition) is 0. The summed E-state index contributed by atoms with van der Waals surface area (Å²) in [4.78, 5) is 21.1. The quantitative estimate of drug-likeness (QED) is 0.0307. The van der Waals surface area contributed by atoms with Gasteiger partial charge in [0.15, 0.2) is 35.8 Å². The van der Waals surface area contributed by atoms with Crippen LogP contribution in [0.2, 0.25) is 0 Å². The van der Waals surface area contributed by atoms with E-state index in [9.17, 15) is 9.59 Å². The van der Waals surface area contributed by atoms with Crippen molar-refractivity contribution in [3.8, 4) is 0 Å². The number of esters is 1. The Hall–Kier alpha value is -2.80. The van der Waals surface area contributed by atoms with Crippen molar-refractivity contribution in [1.82, 2.24) is 0 Å². The molecule has 0 unspecified atom stereocenters. The van der Waals surface area contributed by atoms with Gasteiger partial charge in [-0.2, -0.15) is 0 Å². The zero-order valence-electron chi connectivity index (χ0n) is 26.0. The predicted molar refractivity (Wildman–Crippen MR) is 158 cm³/mol. The van der Waals surface area contributed by atoms with E-state index in [0.29, 0.717) is 19.7 Å². The molecule has 0 saturated carbocycles. The molecule has 0 N–H and O–H groups in total. The van der Waals surface area contributed by atoms with Crippen LogP contribution in [0.4, 0.5) is 17.6 Å². The molecule has 0 bridgehead atoms.